The third kappa shape index (κ3) is 13.1. The number of hydrogen-bond donors (Lipinski definition) is 2. The van der Waals surface area contributed by atoms with Crippen LogP contribution in [-0.2, 0) is 49.2 Å². The molecule has 2 atom stereocenters. The second-order valence-corrected chi connectivity index (χ2v) is 22.3. The number of tetrazole rings is 1. The normalized spacial score (nSPS) is 15.6. The summed E-state index contributed by atoms with van der Waals surface area (Å²) < 4.78 is 92.9. The molecule has 0 saturated carbocycles. The third-order valence-electron chi connectivity index (χ3n) is 10.1. The van der Waals surface area contributed by atoms with Crippen LogP contribution in [0.5, 0.6) is 17.2 Å². The van der Waals surface area contributed by atoms with Crippen LogP contribution in [-0.4, -0.2) is 116 Å². The monoisotopic (exact) mass is 1070 g/mol. The average Bonchev–Trinajstić information content (AvgIpc) is 3.88. The number of sulfonamides is 2. The summed E-state index contributed by atoms with van der Waals surface area (Å²) in [5.41, 5.74) is 0.00387. The van der Waals surface area contributed by atoms with Crippen LogP contribution in [0.1, 0.15) is 58.2 Å². The van der Waals surface area contributed by atoms with Crippen LogP contribution < -0.4 is 24.2 Å². The van der Waals surface area contributed by atoms with E-state index >= 15 is 16.8 Å². The molecule has 1 saturated heterocycles. The molecule has 360 valence electrons. The van der Waals surface area contributed by atoms with Crippen LogP contribution in [0.25, 0.3) is 11.4 Å². The molecule has 0 unspecified atom stereocenters. The summed E-state index contributed by atoms with van der Waals surface area (Å²) in [4.78, 5) is 27.8. The van der Waals surface area contributed by atoms with Gasteiger partial charge in [0, 0.05) is 29.7 Å². The Labute approximate surface area is 404 Å². The van der Waals surface area contributed by atoms with E-state index in [-0.39, 0.29) is 44.1 Å². The molecule has 19 nitrogen and oxygen atoms in total. The van der Waals surface area contributed by atoms with E-state index in [9.17, 15) is 9.59 Å². The maximum atomic E-state index is 15.8. The molecule has 6 rings (SSSR count). The molecular formula is C45H55IN8O11S2. The van der Waals surface area contributed by atoms with Gasteiger partial charge < -0.3 is 33.9 Å². The fraction of sp³-hybridized carbons (Fsp3) is 0.400. The molecule has 2 heterocycles. The number of carbonyl (C=O) groups excluding carboxylic acids is 2. The van der Waals surface area contributed by atoms with E-state index < -0.39 is 65.3 Å². The molecule has 2 amide bonds. The molecule has 22 heteroatoms. The summed E-state index contributed by atoms with van der Waals surface area (Å²) in [5.74, 6) is 1.58. The Morgan fingerprint density at radius 1 is 0.716 bits per heavy atom. The number of likely N-dealkylation sites (tertiary alicyclic amines) is 1. The minimum atomic E-state index is -4.90. The first kappa shape index (κ1) is 50.8. The topological polar surface area (TPSA) is 223 Å². The van der Waals surface area contributed by atoms with Crippen LogP contribution in [0, 0.1) is 3.57 Å². The van der Waals surface area contributed by atoms with Crippen molar-refractivity contribution in [3.63, 3.8) is 0 Å². The summed E-state index contributed by atoms with van der Waals surface area (Å²) >= 11 is 1.92. The Morgan fingerprint density at radius 3 is 1.70 bits per heavy atom. The molecule has 67 heavy (non-hydrogen) atoms. The second kappa shape index (κ2) is 20.8. The van der Waals surface area contributed by atoms with E-state index in [1.54, 1.807) is 109 Å². The molecule has 1 aliphatic rings. The Morgan fingerprint density at radius 2 is 1.21 bits per heavy atom. The van der Waals surface area contributed by atoms with Gasteiger partial charge in [-0.2, -0.15) is 9.10 Å². The predicted molar refractivity (Wildman–Crippen MR) is 256 cm³/mol. The molecule has 1 fully saturated rings. The Balaban J connectivity index is 1.50. The van der Waals surface area contributed by atoms with E-state index in [4.69, 9.17) is 23.7 Å². The van der Waals surface area contributed by atoms with Gasteiger partial charge in [0.15, 0.2) is 0 Å². The minimum Gasteiger partial charge on any atom is -0.497 e. The molecule has 0 radical (unpaired) electrons. The predicted octanol–water partition coefficient (Wildman–Crippen LogP) is 6.20. The molecule has 4 aromatic carbocycles. The quantitative estimate of drug-likeness (QED) is 0.105. The van der Waals surface area contributed by atoms with Crippen LogP contribution in [0.2, 0.25) is 0 Å². The zero-order valence-electron chi connectivity index (χ0n) is 38.6. The number of aromatic nitrogens is 4. The van der Waals surface area contributed by atoms with Crippen LogP contribution in [0.15, 0.2) is 94.7 Å². The Hall–Kier alpha value is -5.56. The summed E-state index contributed by atoms with van der Waals surface area (Å²) in [6.07, 6.45) is -1.61. The van der Waals surface area contributed by atoms with Crippen molar-refractivity contribution < 1.29 is 50.1 Å². The van der Waals surface area contributed by atoms with Crippen molar-refractivity contribution in [3.05, 3.63) is 105 Å². The van der Waals surface area contributed by atoms with Crippen LogP contribution in [0.4, 0.5) is 9.59 Å². The summed E-state index contributed by atoms with van der Waals surface area (Å²) in [6, 6.07) is 21.2. The summed E-state index contributed by atoms with van der Waals surface area (Å²) in [5, 5.41) is 15.8. The smallest absolute Gasteiger partial charge is 0.410 e. The number of halogens is 1. The first-order valence-corrected chi connectivity index (χ1v) is 25.0. The highest BCUT2D eigenvalue weighted by molar-refractivity contribution is 14.1. The number of hydrogen-bond acceptors (Lipinski definition) is 14. The van der Waals surface area contributed by atoms with Crippen molar-refractivity contribution >= 4 is 54.8 Å². The molecule has 2 N–H and O–H groups in total. The molecular weight excluding hydrogens is 1020 g/mol. The van der Waals surface area contributed by atoms with Gasteiger partial charge in [-0.1, -0.05) is 36.4 Å². The number of nitrogens with zero attached hydrogens (tertiary/aromatic N) is 6. The largest absolute Gasteiger partial charge is 0.497 e. The minimum absolute atomic E-state index is 0.121. The maximum absolute atomic E-state index is 15.8. The average molecular weight is 1080 g/mol. The number of methoxy groups -OCH3 is 3. The highest BCUT2D eigenvalue weighted by atomic mass is 127. The highest BCUT2D eigenvalue weighted by Gasteiger charge is 2.43. The number of rotatable bonds is 16. The second-order valence-electron chi connectivity index (χ2n) is 17.6. The van der Waals surface area contributed by atoms with Crippen molar-refractivity contribution in [1.29, 1.82) is 0 Å². The van der Waals surface area contributed by atoms with Crippen molar-refractivity contribution in [2.75, 3.05) is 34.4 Å². The van der Waals surface area contributed by atoms with Gasteiger partial charge in [0.05, 0.1) is 45.5 Å². The maximum Gasteiger partial charge on any atom is 0.410 e. The summed E-state index contributed by atoms with van der Waals surface area (Å²) in [7, 11) is -5.20. The summed E-state index contributed by atoms with van der Waals surface area (Å²) in [6.45, 7) is 9.38. The highest BCUT2D eigenvalue weighted by Crippen LogP contribution is 2.38. The van der Waals surface area contributed by atoms with Gasteiger partial charge in [-0.15, -0.1) is 10.2 Å². The molecule has 0 spiro atoms. The lowest BCUT2D eigenvalue weighted by Crippen LogP contribution is -2.52. The SMILES string of the molecule is COc1ccc(CN(Cc2ccc(OC)cc2)S(=O)(=O)c2c(S(=O)(=O)N[C@H]3CN(C(=O)OC(C)(C)C)C[C@@H]3NC(=O)OC(C)(C)C)ccc(I)c2-c2nnn(Cc3ccc(OC)cc3)n2)cc1. The first-order chi connectivity index (χ1) is 31.5. The van der Waals surface area contributed by atoms with Crippen molar-refractivity contribution in [2.24, 2.45) is 0 Å². The van der Waals surface area contributed by atoms with Crippen LogP contribution in [0.3, 0.4) is 0 Å². The zero-order chi connectivity index (χ0) is 48.9. The lowest BCUT2D eigenvalue weighted by Gasteiger charge is -2.27. The fourth-order valence-corrected chi connectivity index (χ4v) is 11.6. The number of ether oxygens (including phenoxy) is 5. The van der Waals surface area contributed by atoms with Crippen molar-refractivity contribution in [3.8, 4) is 28.6 Å². The third-order valence-corrected chi connectivity index (χ3v) is 14.6. The standard InChI is InChI=1S/C45H55IN8O11S2/c1-44(2,3)64-42(55)47-36-27-52(43(56)65-45(4,5)6)28-37(36)50-66(57,58)38-23-22-35(46)39(41-48-51-54(49-41)26-31-14-20-34(63-9)21-15-31)40(38)67(59,60)53(24-29-10-16-32(61-7)17-11-29)25-30-12-18-33(62-8)19-13-30/h10-23,36-37,50H,24-28H2,1-9H3,(H,47,55)/t36-,37-/m0/s1. The first-order valence-electron chi connectivity index (χ1n) is 21.0. The Bertz CT molecular complexity index is 2710. The van der Waals surface area contributed by atoms with Crippen molar-refractivity contribution in [1.82, 2.24) is 39.5 Å². The lowest BCUT2D eigenvalue weighted by molar-refractivity contribution is 0.0281. The number of nitrogens with one attached hydrogen (secondary N) is 2. The van der Waals surface area contributed by atoms with E-state index in [1.807, 2.05) is 34.7 Å². The van der Waals surface area contributed by atoms with Crippen molar-refractivity contribution in [2.45, 2.75) is 94.3 Å². The number of amides is 2. The molecule has 1 aromatic heterocycles. The van der Waals surface area contributed by atoms with E-state index in [2.05, 4.69) is 25.4 Å². The van der Waals surface area contributed by atoms with Gasteiger partial charge >= 0.3 is 12.2 Å². The van der Waals surface area contributed by atoms with E-state index in [0.717, 1.165) is 5.56 Å². The van der Waals surface area contributed by atoms with E-state index in [0.29, 0.717) is 31.9 Å². The van der Waals surface area contributed by atoms with Gasteiger partial charge in [-0.3, -0.25) is 0 Å². The molecule has 0 aliphatic carbocycles. The van der Waals surface area contributed by atoms with Gasteiger partial charge in [0.25, 0.3) is 0 Å². The fourth-order valence-electron chi connectivity index (χ4n) is 7.01. The van der Waals surface area contributed by atoms with Gasteiger partial charge in [-0.25, -0.2) is 31.1 Å². The number of benzene rings is 4. The van der Waals surface area contributed by atoms with Gasteiger partial charge in [0.1, 0.15) is 38.2 Å². The Kier molecular flexibility index (Phi) is 15.7. The zero-order valence-corrected chi connectivity index (χ0v) is 42.4. The lowest BCUT2D eigenvalue weighted by atomic mass is 10.2. The van der Waals surface area contributed by atoms with Crippen LogP contribution >= 0.6 is 22.6 Å². The number of alkyl carbamates (subject to hydrolysis) is 1. The van der Waals surface area contributed by atoms with E-state index in [1.165, 1.54) is 40.4 Å². The molecule has 5 aromatic rings. The molecule has 0 bridgehead atoms. The van der Waals surface area contributed by atoms with Gasteiger partial charge in [-0.05, 0) is 135 Å². The van der Waals surface area contributed by atoms with Gasteiger partial charge in [0.2, 0.25) is 25.9 Å². The number of carbonyl (C=O) groups is 2. The molecule has 1 aliphatic heterocycles.